The first-order valence-electron chi connectivity index (χ1n) is 4.97. The number of hydrogen-bond donors (Lipinski definition) is 3. The van der Waals surface area contributed by atoms with Crippen LogP contribution in [0.5, 0.6) is 0 Å². The molecule has 86 valence electrons. The zero-order valence-corrected chi connectivity index (χ0v) is 9.07. The van der Waals surface area contributed by atoms with E-state index in [1.165, 1.54) is 6.92 Å². The molecule has 1 aromatic rings. The van der Waals surface area contributed by atoms with Gasteiger partial charge >= 0.3 is 6.03 Å². The lowest BCUT2D eigenvalue weighted by Gasteiger charge is -2.11. The van der Waals surface area contributed by atoms with Gasteiger partial charge in [-0.25, -0.2) is 4.79 Å². The highest BCUT2D eigenvalue weighted by molar-refractivity contribution is 5.85. The fourth-order valence-electron chi connectivity index (χ4n) is 1.10. The Hall–Kier alpha value is -2.04. The van der Waals surface area contributed by atoms with Crippen molar-refractivity contribution in [3.05, 3.63) is 35.9 Å². The van der Waals surface area contributed by atoms with E-state index in [0.29, 0.717) is 6.54 Å². The molecule has 0 fully saturated rings. The zero-order valence-electron chi connectivity index (χ0n) is 9.07. The molecule has 1 unspecified atom stereocenters. The SMILES string of the molecule is CC(NC(=O)NCc1ccccc1)C(N)=O. The van der Waals surface area contributed by atoms with Crippen molar-refractivity contribution in [3.63, 3.8) is 0 Å². The van der Waals surface area contributed by atoms with Gasteiger partial charge in [0.1, 0.15) is 6.04 Å². The second-order valence-corrected chi connectivity index (χ2v) is 3.44. The van der Waals surface area contributed by atoms with Gasteiger partial charge in [0, 0.05) is 6.54 Å². The van der Waals surface area contributed by atoms with E-state index in [0.717, 1.165) is 5.56 Å². The lowest BCUT2D eigenvalue weighted by molar-refractivity contribution is -0.119. The molecule has 0 saturated heterocycles. The van der Waals surface area contributed by atoms with Crippen LogP contribution in [-0.2, 0) is 11.3 Å². The number of nitrogens with one attached hydrogen (secondary N) is 2. The normalized spacial score (nSPS) is 11.6. The Morgan fingerprint density at radius 2 is 1.94 bits per heavy atom. The maximum Gasteiger partial charge on any atom is 0.315 e. The molecular weight excluding hydrogens is 206 g/mol. The molecule has 1 rings (SSSR count). The van der Waals surface area contributed by atoms with Crippen LogP contribution in [0.3, 0.4) is 0 Å². The number of hydrogen-bond acceptors (Lipinski definition) is 2. The van der Waals surface area contributed by atoms with Crippen molar-refractivity contribution in [3.8, 4) is 0 Å². The number of carbonyl (C=O) groups is 2. The van der Waals surface area contributed by atoms with E-state index in [9.17, 15) is 9.59 Å². The van der Waals surface area contributed by atoms with Crippen LogP contribution in [0.2, 0.25) is 0 Å². The molecule has 0 radical (unpaired) electrons. The van der Waals surface area contributed by atoms with Crippen LogP contribution in [0.1, 0.15) is 12.5 Å². The van der Waals surface area contributed by atoms with Crippen molar-refractivity contribution >= 4 is 11.9 Å². The molecule has 3 amide bonds. The van der Waals surface area contributed by atoms with Gasteiger partial charge in [0.2, 0.25) is 5.91 Å². The van der Waals surface area contributed by atoms with Crippen molar-refractivity contribution in [1.29, 1.82) is 0 Å². The summed E-state index contributed by atoms with van der Waals surface area (Å²) < 4.78 is 0. The van der Waals surface area contributed by atoms with Crippen LogP contribution in [0.4, 0.5) is 4.79 Å². The average Bonchev–Trinajstić information content (AvgIpc) is 2.27. The maximum atomic E-state index is 11.3. The van der Waals surface area contributed by atoms with Gasteiger partial charge in [-0.15, -0.1) is 0 Å². The largest absolute Gasteiger partial charge is 0.368 e. The molecule has 0 spiro atoms. The molecule has 0 aliphatic carbocycles. The molecule has 0 aliphatic rings. The summed E-state index contributed by atoms with van der Waals surface area (Å²) in [5.41, 5.74) is 6.00. The molecule has 0 aliphatic heterocycles. The molecular formula is C11H15N3O2. The number of nitrogens with two attached hydrogens (primary N) is 1. The minimum absolute atomic E-state index is 0.407. The van der Waals surface area contributed by atoms with E-state index < -0.39 is 18.0 Å². The topological polar surface area (TPSA) is 84.2 Å². The van der Waals surface area contributed by atoms with Crippen LogP contribution in [0.25, 0.3) is 0 Å². The number of urea groups is 1. The fraction of sp³-hybridized carbons (Fsp3) is 0.273. The highest BCUT2D eigenvalue weighted by atomic mass is 16.2. The quantitative estimate of drug-likeness (QED) is 0.685. The molecule has 0 bridgehead atoms. The average molecular weight is 221 g/mol. The molecule has 0 heterocycles. The number of carbonyl (C=O) groups excluding carboxylic acids is 2. The van der Waals surface area contributed by atoms with E-state index >= 15 is 0 Å². The second kappa shape index (κ2) is 5.75. The van der Waals surface area contributed by atoms with Crippen molar-refractivity contribution < 1.29 is 9.59 Å². The number of rotatable bonds is 4. The van der Waals surface area contributed by atoms with Crippen molar-refractivity contribution in [2.75, 3.05) is 0 Å². The predicted octanol–water partition coefficient (Wildman–Crippen LogP) is 0.360. The van der Waals surface area contributed by atoms with Crippen LogP contribution in [0.15, 0.2) is 30.3 Å². The molecule has 0 saturated carbocycles. The second-order valence-electron chi connectivity index (χ2n) is 3.44. The molecule has 5 heteroatoms. The summed E-state index contributed by atoms with van der Waals surface area (Å²) in [5, 5.41) is 5.05. The summed E-state index contributed by atoms with van der Waals surface area (Å²) in [6.07, 6.45) is 0. The smallest absolute Gasteiger partial charge is 0.315 e. The monoisotopic (exact) mass is 221 g/mol. The highest BCUT2D eigenvalue weighted by Crippen LogP contribution is 1.96. The molecule has 0 aromatic heterocycles. The van der Waals surface area contributed by atoms with E-state index in [-0.39, 0.29) is 0 Å². The minimum Gasteiger partial charge on any atom is -0.368 e. The molecule has 1 aromatic carbocycles. The number of benzene rings is 1. The van der Waals surface area contributed by atoms with Gasteiger partial charge in [-0.3, -0.25) is 4.79 Å². The molecule has 5 nitrogen and oxygen atoms in total. The van der Waals surface area contributed by atoms with Gasteiger partial charge in [-0.05, 0) is 12.5 Å². The Kier molecular flexibility index (Phi) is 4.32. The summed E-state index contributed by atoms with van der Waals surface area (Å²) in [6.45, 7) is 1.95. The van der Waals surface area contributed by atoms with Crippen LogP contribution < -0.4 is 16.4 Å². The summed E-state index contributed by atoms with van der Waals surface area (Å²) in [7, 11) is 0. The van der Waals surface area contributed by atoms with Gasteiger partial charge in [0.25, 0.3) is 0 Å². The summed E-state index contributed by atoms with van der Waals surface area (Å²) in [4.78, 5) is 22.0. The molecule has 16 heavy (non-hydrogen) atoms. The number of amides is 3. The lowest BCUT2D eigenvalue weighted by atomic mass is 10.2. The van der Waals surface area contributed by atoms with Crippen LogP contribution in [0, 0.1) is 0 Å². The van der Waals surface area contributed by atoms with Crippen LogP contribution in [-0.4, -0.2) is 18.0 Å². The number of primary amides is 1. The zero-order chi connectivity index (χ0) is 12.0. The Morgan fingerprint density at radius 3 is 2.50 bits per heavy atom. The Morgan fingerprint density at radius 1 is 1.31 bits per heavy atom. The van der Waals surface area contributed by atoms with Crippen molar-refractivity contribution in [2.45, 2.75) is 19.5 Å². The molecule has 4 N–H and O–H groups in total. The first kappa shape index (κ1) is 12.0. The van der Waals surface area contributed by atoms with Gasteiger partial charge in [0.15, 0.2) is 0 Å². The minimum atomic E-state index is -0.671. The van der Waals surface area contributed by atoms with E-state index in [2.05, 4.69) is 10.6 Å². The third-order valence-corrected chi connectivity index (χ3v) is 2.07. The van der Waals surface area contributed by atoms with E-state index in [4.69, 9.17) is 5.73 Å². The van der Waals surface area contributed by atoms with Crippen molar-refractivity contribution in [2.24, 2.45) is 5.73 Å². The summed E-state index contributed by atoms with van der Waals surface area (Å²) in [6, 6.07) is 8.40. The van der Waals surface area contributed by atoms with Gasteiger partial charge in [0.05, 0.1) is 0 Å². The highest BCUT2D eigenvalue weighted by Gasteiger charge is 2.10. The molecule has 1 atom stereocenters. The third kappa shape index (κ3) is 4.00. The van der Waals surface area contributed by atoms with Crippen molar-refractivity contribution in [1.82, 2.24) is 10.6 Å². The Bertz CT molecular complexity index is 365. The van der Waals surface area contributed by atoms with Gasteiger partial charge in [-0.2, -0.15) is 0 Å². The van der Waals surface area contributed by atoms with Gasteiger partial charge < -0.3 is 16.4 Å². The fourth-order valence-corrected chi connectivity index (χ4v) is 1.10. The first-order valence-corrected chi connectivity index (χ1v) is 4.97. The van der Waals surface area contributed by atoms with Crippen LogP contribution >= 0.6 is 0 Å². The maximum absolute atomic E-state index is 11.3. The Balaban J connectivity index is 2.33. The van der Waals surface area contributed by atoms with E-state index in [1.807, 2.05) is 30.3 Å². The van der Waals surface area contributed by atoms with E-state index in [1.54, 1.807) is 0 Å². The predicted molar refractivity (Wildman–Crippen MR) is 60.5 cm³/mol. The standard InChI is InChI=1S/C11H15N3O2/c1-8(10(12)15)14-11(16)13-7-9-5-3-2-4-6-9/h2-6,8H,7H2,1H3,(H2,12,15)(H2,13,14,16). The summed E-state index contributed by atoms with van der Waals surface area (Å²) >= 11 is 0. The van der Waals surface area contributed by atoms with Gasteiger partial charge in [-0.1, -0.05) is 30.3 Å². The summed E-state index contributed by atoms with van der Waals surface area (Å²) in [5.74, 6) is -0.560. The lowest BCUT2D eigenvalue weighted by Crippen LogP contribution is -2.46. The third-order valence-electron chi connectivity index (χ3n) is 2.07. The first-order chi connectivity index (χ1) is 7.59. The Labute approximate surface area is 94.0 Å².